The van der Waals surface area contributed by atoms with Crippen LogP contribution in [0.15, 0.2) is 18.2 Å². The highest BCUT2D eigenvalue weighted by atomic mass is 19.1. The molecular weight excluding hydrogens is 415 g/mol. The van der Waals surface area contributed by atoms with E-state index in [2.05, 4.69) is 0 Å². The third kappa shape index (κ3) is 8.30. The minimum atomic E-state index is -0.657. The monoisotopic (exact) mass is 452 g/mol. The number of benzene rings is 1. The number of ether oxygens (including phenoxy) is 3. The summed E-state index contributed by atoms with van der Waals surface area (Å²) in [7, 11) is 0. The Bertz CT molecular complexity index is 801. The fourth-order valence-corrected chi connectivity index (χ4v) is 3.68. The van der Waals surface area contributed by atoms with Gasteiger partial charge in [-0.2, -0.15) is 0 Å². The zero-order valence-electron chi connectivity index (χ0n) is 20.1. The molecule has 0 aliphatic carbocycles. The van der Waals surface area contributed by atoms with Gasteiger partial charge >= 0.3 is 12.1 Å². The molecule has 2 N–H and O–H groups in total. The molecule has 32 heavy (non-hydrogen) atoms. The van der Waals surface area contributed by atoms with Gasteiger partial charge in [0.25, 0.3) is 0 Å². The predicted octanol–water partition coefficient (Wildman–Crippen LogP) is 3.92. The molecule has 2 rings (SSSR count). The van der Waals surface area contributed by atoms with Gasteiger partial charge in [-0.3, -0.25) is 4.79 Å². The second-order valence-corrected chi connectivity index (χ2v) is 10.3. The molecule has 1 aliphatic heterocycles. The number of likely N-dealkylation sites (tertiary alicyclic amines) is 1. The summed E-state index contributed by atoms with van der Waals surface area (Å²) in [6, 6.07) is 4.41. The van der Waals surface area contributed by atoms with E-state index in [0.717, 1.165) is 0 Å². The van der Waals surface area contributed by atoms with Crippen LogP contribution in [0.1, 0.15) is 53.5 Å². The van der Waals surface area contributed by atoms with Crippen LogP contribution in [0.3, 0.4) is 0 Å². The minimum absolute atomic E-state index is 0.131. The largest absolute Gasteiger partial charge is 0.492 e. The first-order valence-corrected chi connectivity index (χ1v) is 11.1. The zero-order valence-corrected chi connectivity index (χ0v) is 20.1. The number of halogens is 1. The fraction of sp³-hybridized carbons (Fsp3) is 0.667. The third-order valence-corrected chi connectivity index (χ3v) is 4.93. The number of carbonyl (C=O) groups is 2. The van der Waals surface area contributed by atoms with Crippen LogP contribution in [0.4, 0.5) is 9.18 Å². The molecule has 0 spiro atoms. The SMILES string of the molecule is CC(C)(C)OC(=O)[C@@H](Cc1cc(F)cc(OCCN)c1)[C@H]1CCN(C(=O)OC(C)(C)C)C1. The summed E-state index contributed by atoms with van der Waals surface area (Å²) >= 11 is 0. The maximum Gasteiger partial charge on any atom is 0.410 e. The molecule has 0 aromatic heterocycles. The molecule has 2 atom stereocenters. The van der Waals surface area contributed by atoms with Crippen molar-refractivity contribution in [1.29, 1.82) is 0 Å². The van der Waals surface area contributed by atoms with Crippen LogP contribution in [-0.4, -0.2) is 54.4 Å². The smallest absolute Gasteiger partial charge is 0.410 e. The molecule has 1 aliphatic rings. The Balaban J connectivity index is 2.22. The Morgan fingerprint density at radius 3 is 2.38 bits per heavy atom. The highest BCUT2D eigenvalue weighted by Crippen LogP contribution is 2.31. The van der Waals surface area contributed by atoms with E-state index in [9.17, 15) is 14.0 Å². The third-order valence-electron chi connectivity index (χ3n) is 4.93. The van der Waals surface area contributed by atoms with Crippen LogP contribution in [0.5, 0.6) is 5.75 Å². The summed E-state index contributed by atoms with van der Waals surface area (Å²) in [4.78, 5) is 27.2. The van der Waals surface area contributed by atoms with Crippen LogP contribution >= 0.6 is 0 Å². The zero-order chi connectivity index (χ0) is 24.1. The van der Waals surface area contributed by atoms with Crippen molar-refractivity contribution in [1.82, 2.24) is 4.90 Å². The lowest BCUT2D eigenvalue weighted by Crippen LogP contribution is -2.38. The van der Waals surface area contributed by atoms with Crippen LogP contribution in [0.25, 0.3) is 0 Å². The second-order valence-electron chi connectivity index (χ2n) is 10.3. The molecule has 180 valence electrons. The van der Waals surface area contributed by atoms with Gasteiger partial charge in [0.15, 0.2) is 0 Å². The average molecular weight is 453 g/mol. The first-order valence-electron chi connectivity index (χ1n) is 11.1. The molecule has 0 bridgehead atoms. The van der Waals surface area contributed by atoms with Gasteiger partial charge < -0.3 is 24.8 Å². The maximum absolute atomic E-state index is 14.2. The number of nitrogens with two attached hydrogens (primary N) is 1. The lowest BCUT2D eigenvalue weighted by atomic mass is 9.86. The first kappa shape index (κ1) is 25.9. The molecule has 0 radical (unpaired) electrons. The molecule has 7 nitrogen and oxygen atoms in total. The Morgan fingerprint density at radius 1 is 1.12 bits per heavy atom. The molecule has 1 aromatic carbocycles. The summed E-state index contributed by atoms with van der Waals surface area (Å²) in [5.74, 6) is -1.10. The van der Waals surface area contributed by atoms with E-state index in [1.807, 2.05) is 41.5 Å². The number of carbonyl (C=O) groups excluding carboxylic acids is 2. The number of hydrogen-bond donors (Lipinski definition) is 1. The number of nitrogens with zero attached hydrogens (tertiary/aromatic N) is 1. The van der Waals surface area contributed by atoms with Crippen LogP contribution in [0.2, 0.25) is 0 Å². The highest BCUT2D eigenvalue weighted by molar-refractivity contribution is 5.74. The lowest BCUT2D eigenvalue weighted by Gasteiger charge is -2.28. The van der Waals surface area contributed by atoms with E-state index in [4.69, 9.17) is 19.9 Å². The molecule has 8 heteroatoms. The molecule has 0 unspecified atom stereocenters. The summed E-state index contributed by atoms with van der Waals surface area (Å²) in [5.41, 5.74) is 4.84. The molecule has 1 aromatic rings. The van der Waals surface area contributed by atoms with Gasteiger partial charge in [-0.1, -0.05) is 0 Å². The van der Waals surface area contributed by atoms with Crippen LogP contribution in [0, 0.1) is 17.7 Å². The lowest BCUT2D eigenvalue weighted by molar-refractivity contribution is -0.162. The Labute approximate surface area is 190 Å². The number of amides is 1. The average Bonchev–Trinajstić information content (AvgIpc) is 3.11. The van der Waals surface area contributed by atoms with E-state index >= 15 is 0 Å². The Hall–Kier alpha value is -2.35. The summed E-state index contributed by atoms with van der Waals surface area (Å²) in [6.07, 6.45) is 0.513. The number of hydrogen-bond acceptors (Lipinski definition) is 6. The van der Waals surface area contributed by atoms with Gasteiger partial charge in [0.1, 0.15) is 29.4 Å². The fourth-order valence-electron chi connectivity index (χ4n) is 3.68. The molecule has 0 saturated carbocycles. The van der Waals surface area contributed by atoms with Gasteiger partial charge in [0.2, 0.25) is 0 Å². The van der Waals surface area contributed by atoms with Gasteiger partial charge in [0, 0.05) is 25.7 Å². The van der Waals surface area contributed by atoms with Crippen molar-refractivity contribution in [2.45, 2.75) is 65.6 Å². The van der Waals surface area contributed by atoms with E-state index in [1.54, 1.807) is 11.0 Å². The second kappa shape index (κ2) is 10.5. The molecule has 1 fully saturated rings. The molecule has 1 saturated heterocycles. The topological polar surface area (TPSA) is 91.1 Å². The quantitative estimate of drug-likeness (QED) is 0.631. The standard InChI is InChI=1S/C24H37FN2O5/c1-23(2,3)31-21(28)20(13-16-11-18(25)14-19(12-16)30-10-8-26)17-7-9-27(15-17)22(29)32-24(4,5)6/h11-12,14,17,20H,7-10,13,15,26H2,1-6H3/t17-,20-/m0/s1. The van der Waals surface area contributed by atoms with Crippen molar-refractivity contribution in [2.24, 2.45) is 17.6 Å². The Kier molecular flexibility index (Phi) is 8.51. The van der Waals surface area contributed by atoms with Crippen molar-refractivity contribution < 1.29 is 28.2 Å². The summed E-state index contributed by atoms with van der Waals surface area (Å²) in [6.45, 7) is 12.3. The van der Waals surface area contributed by atoms with Crippen molar-refractivity contribution in [3.8, 4) is 5.75 Å². The first-order chi connectivity index (χ1) is 14.8. The summed E-state index contributed by atoms with van der Waals surface area (Å²) < 4.78 is 30.8. The van der Waals surface area contributed by atoms with Gasteiger partial charge in [-0.25, -0.2) is 9.18 Å². The van der Waals surface area contributed by atoms with E-state index in [0.29, 0.717) is 37.4 Å². The maximum atomic E-state index is 14.2. The predicted molar refractivity (Wildman–Crippen MR) is 120 cm³/mol. The van der Waals surface area contributed by atoms with Crippen molar-refractivity contribution in [2.75, 3.05) is 26.2 Å². The molecule has 1 amide bonds. The molecular formula is C24H37FN2O5. The Morgan fingerprint density at radius 2 is 1.78 bits per heavy atom. The van der Waals surface area contributed by atoms with Gasteiger partial charge in [0.05, 0.1) is 5.92 Å². The molecule has 1 heterocycles. The van der Waals surface area contributed by atoms with Gasteiger partial charge in [-0.05, 0) is 78.0 Å². The van der Waals surface area contributed by atoms with E-state index < -0.39 is 29.0 Å². The van der Waals surface area contributed by atoms with Gasteiger partial charge in [-0.15, -0.1) is 0 Å². The number of rotatable bonds is 7. The minimum Gasteiger partial charge on any atom is -0.492 e. The van der Waals surface area contributed by atoms with Crippen molar-refractivity contribution in [3.05, 3.63) is 29.6 Å². The normalized spacial score (nSPS) is 17.8. The van der Waals surface area contributed by atoms with E-state index in [-0.39, 0.29) is 24.9 Å². The van der Waals surface area contributed by atoms with Crippen LogP contribution < -0.4 is 10.5 Å². The van der Waals surface area contributed by atoms with Crippen LogP contribution in [-0.2, 0) is 20.7 Å². The van der Waals surface area contributed by atoms with E-state index in [1.165, 1.54) is 12.1 Å². The summed E-state index contributed by atoms with van der Waals surface area (Å²) in [5, 5.41) is 0. The van der Waals surface area contributed by atoms with Crippen molar-refractivity contribution in [3.63, 3.8) is 0 Å². The van der Waals surface area contributed by atoms with Crippen molar-refractivity contribution >= 4 is 12.1 Å². The highest BCUT2D eigenvalue weighted by Gasteiger charge is 2.39. The number of esters is 1.